The lowest BCUT2D eigenvalue weighted by Gasteiger charge is -2.30. The minimum atomic E-state index is -0.377. The number of nitrogens with one attached hydrogen (secondary N) is 1. The Morgan fingerprint density at radius 1 is 1.35 bits per heavy atom. The molecule has 0 aromatic heterocycles. The van der Waals surface area contributed by atoms with E-state index in [1.54, 1.807) is 0 Å². The molecular formula is C12H20N2O3. The van der Waals surface area contributed by atoms with E-state index in [1.807, 2.05) is 4.90 Å². The van der Waals surface area contributed by atoms with Gasteiger partial charge in [-0.1, -0.05) is 0 Å². The highest BCUT2D eigenvalue weighted by Gasteiger charge is 2.45. The van der Waals surface area contributed by atoms with Gasteiger partial charge in [0.15, 0.2) is 6.10 Å². The molecule has 0 bridgehead atoms. The Hall–Kier alpha value is -0.650. The molecule has 0 aliphatic carbocycles. The van der Waals surface area contributed by atoms with Crippen molar-refractivity contribution in [1.82, 2.24) is 10.2 Å². The normalized spacial score (nSPS) is 41.6. The molecule has 5 heteroatoms. The highest BCUT2D eigenvalue weighted by atomic mass is 16.6. The first-order valence-corrected chi connectivity index (χ1v) is 6.48. The van der Waals surface area contributed by atoms with E-state index in [1.165, 1.54) is 0 Å². The monoisotopic (exact) mass is 240 g/mol. The van der Waals surface area contributed by atoms with Gasteiger partial charge >= 0.3 is 0 Å². The summed E-state index contributed by atoms with van der Waals surface area (Å²) in [5.41, 5.74) is 0. The number of hydrogen-bond acceptors (Lipinski definition) is 4. The molecule has 3 aliphatic rings. The average Bonchev–Trinajstić information content (AvgIpc) is 2.93. The fourth-order valence-corrected chi connectivity index (χ4v) is 3.27. The van der Waals surface area contributed by atoms with Crippen molar-refractivity contribution >= 4 is 5.91 Å². The van der Waals surface area contributed by atoms with Gasteiger partial charge in [0.1, 0.15) is 0 Å². The highest BCUT2D eigenvalue weighted by molar-refractivity contribution is 5.82. The molecule has 3 fully saturated rings. The van der Waals surface area contributed by atoms with Gasteiger partial charge in [0.25, 0.3) is 5.91 Å². The second kappa shape index (κ2) is 4.55. The molecular weight excluding hydrogens is 220 g/mol. The Bertz CT molecular complexity index is 304. The zero-order valence-corrected chi connectivity index (χ0v) is 10.2. The molecule has 5 nitrogen and oxygen atoms in total. The van der Waals surface area contributed by atoms with Crippen molar-refractivity contribution in [1.29, 1.82) is 0 Å². The number of rotatable bonds is 1. The van der Waals surface area contributed by atoms with Crippen molar-refractivity contribution in [3.8, 4) is 0 Å². The lowest BCUT2D eigenvalue weighted by atomic mass is 9.95. The van der Waals surface area contributed by atoms with Crippen molar-refractivity contribution in [2.24, 2.45) is 11.8 Å². The Balaban J connectivity index is 1.66. The first kappa shape index (κ1) is 11.4. The minimum absolute atomic E-state index is 0.117. The summed E-state index contributed by atoms with van der Waals surface area (Å²) in [7, 11) is 0. The van der Waals surface area contributed by atoms with E-state index in [-0.39, 0.29) is 12.0 Å². The molecule has 1 N–H and O–H groups in total. The number of fused-ring (bicyclic) bond motifs is 1. The quantitative estimate of drug-likeness (QED) is 0.669. The van der Waals surface area contributed by atoms with Crippen LogP contribution in [-0.4, -0.2) is 62.4 Å². The van der Waals surface area contributed by atoms with Crippen molar-refractivity contribution < 1.29 is 14.3 Å². The molecule has 3 aliphatic heterocycles. The zero-order valence-electron chi connectivity index (χ0n) is 10.2. The molecule has 3 heterocycles. The van der Waals surface area contributed by atoms with Gasteiger partial charge in [0.2, 0.25) is 0 Å². The number of nitrogens with zero attached hydrogens (tertiary/aromatic N) is 1. The molecule has 0 aromatic carbocycles. The maximum absolute atomic E-state index is 12.3. The van der Waals surface area contributed by atoms with Gasteiger partial charge < -0.3 is 19.7 Å². The number of likely N-dealkylation sites (tertiary alicyclic amines) is 1. The first-order valence-electron chi connectivity index (χ1n) is 6.48. The summed E-state index contributed by atoms with van der Waals surface area (Å²) >= 11 is 0. The van der Waals surface area contributed by atoms with E-state index in [0.717, 1.165) is 19.6 Å². The van der Waals surface area contributed by atoms with Gasteiger partial charge in [0.05, 0.1) is 19.8 Å². The van der Waals surface area contributed by atoms with Gasteiger partial charge in [-0.3, -0.25) is 4.79 Å². The third kappa shape index (κ3) is 1.96. The lowest BCUT2D eigenvalue weighted by Crippen LogP contribution is -2.48. The fourth-order valence-electron chi connectivity index (χ4n) is 3.27. The largest absolute Gasteiger partial charge is 0.376 e. The molecule has 4 unspecified atom stereocenters. The van der Waals surface area contributed by atoms with Gasteiger partial charge in [0, 0.05) is 25.7 Å². The SMILES string of the molecule is CC1C2CNCC2CN1C(=O)C1COCCO1. The summed E-state index contributed by atoms with van der Waals surface area (Å²) in [5, 5.41) is 3.40. The molecule has 0 spiro atoms. The smallest absolute Gasteiger partial charge is 0.254 e. The second-order valence-electron chi connectivity index (χ2n) is 5.25. The number of amides is 1. The van der Waals surface area contributed by atoms with Crippen molar-refractivity contribution in [3.63, 3.8) is 0 Å². The predicted molar refractivity (Wildman–Crippen MR) is 61.6 cm³/mol. The minimum Gasteiger partial charge on any atom is -0.376 e. The van der Waals surface area contributed by atoms with Crippen molar-refractivity contribution in [3.05, 3.63) is 0 Å². The van der Waals surface area contributed by atoms with E-state index in [0.29, 0.717) is 37.7 Å². The topological polar surface area (TPSA) is 50.8 Å². The van der Waals surface area contributed by atoms with E-state index in [4.69, 9.17) is 9.47 Å². The van der Waals surface area contributed by atoms with Crippen LogP contribution in [0.5, 0.6) is 0 Å². The summed E-state index contributed by atoms with van der Waals surface area (Å²) in [6.07, 6.45) is -0.377. The Morgan fingerprint density at radius 3 is 2.94 bits per heavy atom. The maximum Gasteiger partial charge on any atom is 0.254 e. The van der Waals surface area contributed by atoms with Crippen LogP contribution < -0.4 is 5.32 Å². The summed E-state index contributed by atoms with van der Waals surface area (Å²) < 4.78 is 10.8. The molecule has 17 heavy (non-hydrogen) atoms. The summed E-state index contributed by atoms with van der Waals surface area (Å²) in [6.45, 7) is 6.66. The molecule has 4 atom stereocenters. The van der Waals surface area contributed by atoms with Crippen LogP contribution in [0.15, 0.2) is 0 Å². The van der Waals surface area contributed by atoms with Crippen LogP contribution >= 0.6 is 0 Å². The van der Waals surface area contributed by atoms with Crippen LogP contribution in [0.1, 0.15) is 6.92 Å². The van der Waals surface area contributed by atoms with Crippen LogP contribution in [-0.2, 0) is 14.3 Å². The Morgan fingerprint density at radius 2 is 2.24 bits per heavy atom. The van der Waals surface area contributed by atoms with Crippen LogP contribution in [0, 0.1) is 11.8 Å². The summed E-state index contributed by atoms with van der Waals surface area (Å²) in [6, 6.07) is 0.327. The van der Waals surface area contributed by atoms with Gasteiger partial charge in [-0.25, -0.2) is 0 Å². The molecule has 0 radical (unpaired) electrons. The highest BCUT2D eigenvalue weighted by Crippen LogP contribution is 2.32. The van der Waals surface area contributed by atoms with Gasteiger partial charge in [-0.05, 0) is 18.8 Å². The van der Waals surface area contributed by atoms with Gasteiger partial charge in [-0.2, -0.15) is 0 Å². The molecule has 3 rings (SSSR count). The van der Waals surface area contributed by atoms with Crippen molar-refractivity contribution in [2.75, 3.05) is 39.5 Å². The summed E-state index contributed by atoms with van der Waals surface area (Å²) in [4.78, 5) is 14.3. The van der Waals surface area contributed by atoms with E-state index in [9.17, 15) is 4.79 Å². The fraction of sp³-hybridized carbons (Fsp3) is 0.917. The molecule has 3 saturated heterocycles. The van der Waals surface area contributed by atoms with E-state index >= 15 is 0 Å². The standard InChI is InChI=1S/C12H20N2O3/c1-8-10-5-13-4-9(10)6-14(8)12(15)11-7-16-2-3-17-11/h8-11,13H,2-7H2,1H3. The predicted octanol–water partition coefficient (Wildman–Crippen LogP) is -0.532. The maximum atomic E-state index is 12.3. The number of carbonyl (C=O) groups excluding carboxylic acids is 1. The van der Waals surface area contributed by atoms with Crippen LogP contribution in [0.4, 0.5) is 0 Å². The van der Waals surface area contributed by atoms with Crippen LogP contribution in [0.2, 0.25) is 0 Å². The molecule has 96 valence electrons. The van der Waals surface area contributed by atoms with Gasteiger partial charge in [-0.15, -0.1) is 0 Å². The third-order valence-corrected chi connectivity index (χ3v) is 4.31. The Kier molecular flexibility index (Phi) is 3.06. The lowest BCUT2D eigenvalue weighted by molar-refractivity contribution is -0.158. The van der Waals surface area contributed by atoms with Crippen LogP contribution in [0.25, 0.3) is 0 Å². The van der Waals surface area contributed by atoms with Crippen LogP contribution in [0.3, 0.4) is 0 Å². The van der Waals surface area contributed by atoms with E-state index < -0.39 is 0 Å². The molecule has 1 amide bonds. The number of ether oxygens (including phenoxy) is 2. The van der Waals surface area contributed by atoms with Crippen molar-refractivity contribution in [2.45, 2.75) is 19.1 Å². The second-order valence-corrected chi connectivity index (χ2v) is 5.25. The number of carbonyl (C=O) groups is 1. The first-order chi connectivity index (χ1) is 8.27. The zero-order chi connectivity index (χ0) is 11.8. The number of hydrogen-bond donors (Lipinski definition) is 1. The molecule has 0 aromatic rings. The van der Waals surface area contributed by atoms with E-state index in [2.05, 4.69) is 12.2 Å². The third-order valence-electron chi connectivity index (χ3n) is 4.31. The summed E-state index contributed by atoms with van der Waals surface area (Å²) in [5.74, 6) is 1.36. The average molecular weight is 240 g/mol. The Labute approximate surface area is 101 Å². The molecule has 0 saturated carbocycles.